The number of methoxy groups -OCH3 is 2. The Balaban J connectivity index is 1.42. The Hall–Kier alpha value is -2.95. The third-order valence-electron chi connectivity index (χ3n) is 6.50. The largest absolute Gasteiger partial charge is 0.480 e. The molecule has 1 fully saturated rings. The van der Waals surface area contributed by atoms with Crippen molar-refractivity contribution in [2.45, 2.75) is 31.8 Å². The zero-order chi connectivity index (χ0) is 23.7. The molecule has 0 unspecified atom stereocenters. The fraction of sp³-hybridized carbons (Fsp3) is 0.458. The lowest BCUT2D eigenvalue weighted by atomic mass is 9.74. The van der Waals surface area contributed by atoms with Gasteiger partial charge in [0.1, 0.15) is 11.4 Å². The molecule has 2 aliphatic heterocycles. The van der Waals surface area contributed by atoms with E-state index in [1.165, 1.54) is 11.3 Å². The molecule has 2 aromatic heterocycles. The average molecular weight is 486 g/mol. The second-order valence-electron chi connectivity index (χ2n) is 8.46. The molecular weight excluding hydrogens is 458 g/mol. The average Bonchev–Trinajstić information content (AvgIpc) is 3.47. The van der Waals surface area contributed by atoms with E-state index in [0.29, 0.717) is 41.2 Å². The van der Waals surface area contributed by atoms with Crippen molar-refractivity contribution in [3.05, 3.63) is 40.0 Å². The van der Waals surface area contributed by atoms with Crippen LogP contribution in [0.3, 0.4) is 0 Å². The van der Waals surface area contributed by atoms with Gasteiger partial charge in [0.15, 0.2) is 17.3 Å². The van der Waals surface area contributed by atoms with Gasteiger partial charge in [-0.3, -0.25) is 4.79 Å². The van der Waals surface area contributed by atoms with E-state index in [9.17, 15) is 4.79 Å². The lowest BCUT2D eigenvalue weighted by Gasteiger charge is -2.38. The highest BCUT2D eigenvalue weighted by Crippen LogP contribution is 2.41. The molecule has 0 aliphatic carbocycles. The van der Waals surface area contributed by atoms with Gasteiger partial charge in [-0.1, -0.05) is 6.07 Å². The standard InChI is InChI=1S/C24H27N3O6S/c1-14-19-22(30-3)26-18(11-29-2)27-23(19)34-20(14)21(28)25-12-24(6-8-31-9-7-24)15-4-5-16-17(10-15)33-13-32-16/h4-5,10H,6-9,11-13H2,1-3H3,(H,25,28). The molecule has 0 spiro atoms. The van der Waals surface area contributed by atoms with Gasteiger partial charge in [0.05, 0.1) is 17.4 Å². The van der Waals surface area contributed by atoms with Crippen LogP contribution in [0, 0.1) is 6.92 Å². The quantitative estimate of drug-likeness (QED) is 0.544. The van der Waals surface area contributed by atoms with Gasteiger partial charge in [-0.05, 0) is 43.0 Å². The number of hydrogen-bond donors (Lipinski definition) is 1. The molecule has 34 heavy (non-hydrogen) atoms. The molecular formula is C24H27N3O6S. The van der Waals surface area contributed by atoms with Crippen LogP contribution in [0.4, 0.5) is 0 Å². The maximum atomic E-state index is 13.4. The van der Waals surface area contributed by atoms with E-state index in [1.807, 2.05) is 19.1 Å². The molecule has 4 heterocycles. The number of thiophene rings is 1. The van der Waals surface area contributed by atoms with Crippen LogP contribution < -0.4 is 19.5 Å². The second kappa shape index (κ2) is 9.36. The first kappa shape index (κ1) is 22.8. The summed E-state index contributed by atoms with van der Waals surface area (Å²) < 4.78 is 27.4. The number of rotatable bonds is 7. The zero-order valence-electron chi connectivity index (χ0n) is 19.4. The highest BCUT2D eigenvalue weighted by Gasteiger charge is 2.36. The fourth-order valence-corrected chi connectivity index (χ4v) is 5.69. The Morgan fingerprint density at radius 2 is 1.97 bits per heavy atom. The lowest BCUT2D eigenvalue weighted by molar-refractivity contribution is 0.0487. The number of hydrogen-bond acceptors (Lipinski definition) is 9. The van der Waals surface area contributed by atoms with Crippen LogP contribution in [0.5, 0.6) is 17.4 Å². The highest BCUT2D eigenvalue weighted by molar-refractivity contribution is 7.20. The molecule has 0 atom stereocenters. The number of carbonyl (C=O) groups is 1. The molecule has 9 nitrogen and oxygen atoms in total. The predicted octanol–water partition coefficient (Wildman–Crippen LogP) is 3.36. The number of aryl methyl sites for hydroxylation is 1. The minimum atomic E-state index is -0.247. The zero-order valence-corrected chi connectivity index (χ0v) is 20.3. The number of benzene rings is 1. The fourth-order valence-electron chi connectivity index (χ4n) is 4.59. The summed E-state index contributed by atoms with van der Waals surface area (Å²) in [5.41, 5.74) is 1.68. The Bertz CT molecular complexity index is 1220. The summed E-state index contributed by atoms with van der Waals surface area (Å²) in [5.74, 6) is 2.32. The van der Waals surface area contributed by atoms with Crippen LogP contribution in [0.1, 0.15) is 39.5 Å². The van der Waals surface area contributed by atoms with Crippen LogP contribution >= 0.6 is 11.3 Å². The van der Waals surface area contributed by atoms with E-state index in [-0.39, 0.29) is 24.7 Å². The minimum absolute atomic E-state index is 0.137. The third-order valence-corrected chi connectivity index (χ3v) is 7.68. The van der Waals surface area contributed by atoms with Gasteiger partial charge in [0, 0.05) is 32.3 Å². The summed E-state index contributed by atoms with van der Waals surface area (Å²) in [6.45, 7) is 4.17. The van der Waals surface area contributed by atoms with E-state index in [2.05, 4.69) is 21.4 Å². The Kier molecular flexibility index (Phi) is 6.28. The van der Waals surface area contributed by atoms with Crippen molar-refractivity contribution in [2.24, 2.45) is 0 Å². The summed E-state index contributed by atoms with van der Waals surface area (Å²) in [4.78, 5) is 23.7. The van der Waals surface area contributed by atoms with Crippen molar-refractivity contribution in [3.63, 3.8) is 0 Å². The monoisotopic (exact) mass is 485 g/mol. The Labute approximate surface area is 201 Å². The molecule has 1 N–H and O–H groups in total. The Morgan fingerprint density at radius 1 is 1.18 bits per heavy atom. The number of ether oxygens (including phenoxy) is 5. The third kappa shape index (κ3) is 4.06. The van der Waals surface area contributed by atoms with E-state index < -0.39 is 0 Å². The van der Waals surface area contributed by atoms with Crippen molar-refractivity contribution in [1.82, 2.24) is 15.3 Å². The van der Waals surface area contributed by atoms with Gasteiger partial charge >= 0.3 is 0 Å². The summed E-state index contributed by atoms with van der Waals surface area (Å²) >= 11 is 1.34. The number of carbonyl (C=O) groups excluding carboxylic acids is 1. The predicted molar refractivity (Wildman–Crippen MR) is 126 cm³/mol. The SMILES string of the molecule is COCc1nc(OC)c2c(C)c(C(=O)NCC3(c4ccc5c(c4)OCO5)CCOCC3)sc2n1. The van der Waals surface area contributed by atoms with Crippen LogP contribution in [0.2, 0.25) is 0 Å². The lowest BCUT2D eigenvalue weighted by Crippen LogP contribution is -2.44. The van der Waals surface area contributed by atoms with Gasteiger partial charge in [0.25, 0.3) is 5.91 Å². The molecule has 0 bridgehead atoms. The van der Waals surface area contributed by atoms with Crippen molar-refractivity contribution in [2.75, 3.05) is 40.8 Å². The van der Waals surface area contributed by atoms with Crippen LogP contribution in [0.15, 0.2) is 18.2 Å². The summed E-state index contributed by atoms with van der Waals surface area (Å²) in [5, 5.41) is 3.94. The molecule has 1 amide bonds. The molecule has 1 saturated heterocycles. The number of nitrogens with zero attached hydrogens (tertiary/aromatic N) is 2. The Morgan fingerprint density at radius 3 is 2.74 bits per heavy atom. The molecule has 2 aliphatic rings. The van der Waals surface area contributed by atoms with Gasteiger partial charge in [-0.15, -0.1) is 11.3 Å². The molecule has 3 aromatic rings. The molecule has 180 valence electrons. The van der Waals surface area contributed by atoms with Crippen LogP contribution in [-0.4, -0.2) is 56.6 Å². The summed E-state index contributed by atoms with van der Waals surface area (Å²) in [6.07, 6.45) is 1.61. The number of fused-ring (bicyclic) bond motifs is 2. The van der Waals surface area contributed by atoms with Gasteiger partial charge in [-0.2, -0.15) is 4.98 Å². The van der Waals surface area contributed by atoms with E-state index in [0.717, 1.165) is 40.9 Å². The molecule has 0 saturated carbocycles. The topological polar surface area (TPSA) is 101 Å². The minimum Gasteiger partial charge on any atom is -0.480 e. The summed E-state index contributed by atoms with van der Waals surface area (Å²) in [7, 11) is 3.15. The van der Waals surface area contributed by atoms with E-state index in [4.69, 9.17) is 23.7 Å². The highest BCUT2D eigenvalue weighted by atomic mass is 32.1. The van der Waals surface area contributed by atoms with E-state index in [1.54, 1.807) is 14.2 Å². The number of amides is 1. The first-order valence-corrected chi connectivity index (χ1v) is 12.0. The van der Waals surface area contributed by atoms with Gasteiger partial charge in [-0.25, -0.2) is 4.98 Å². The van der Waals surface area contributed by atoms with Crippen LogP contribution in [0.25, 0.3) is 10.2 Å². The van der Waals surface area contributed by atoms with Gasteiger partial charge in [0.2, 0.25) is 12.7 Å². The number of aromatic nitrogens is 2. The maximum absolute atomic E-state index is 13.4. The van der Waals surface area contributed by atoms with E-state index >= 15 is 0 Å². The normalized spacial score (nSPS) is 16.6. The first-order chi connectivity index (χ1) is 16.5. The van der Waals surface area contributed by atoms with Crippen LogP contribution in [-0.2, 0) is 21.5 Å². The van der Waals surface area contributed by atoms with Crippen molar-refractivity contribution < 1.29 is 28.5 Å². The molecule has 0 radical (unpaired) electrons. The van der Waals surface area contributed by atoms with Crippen molar-refractivity contribution in [1.29, 1.82) is 0 Å². The maximum Gasteiger partial charge on any atom is 0.261 e. The molecule has 5 rings (SSSR count). The second-order valence-corrected chi connectivity index (χ2v) is 9.46. The first-order valence-electron chi connectivity index (χ1n) is 11.1. The van der Waals surface area contributed by atoms with Crippen molar-refractivity contribution >= 4 is 27.5 Å². The summed E-state index contributed by atoms with van der Waals surface area (Å²) in [6, 6.07) is 6.03. The molecule has 10 heteroatoms. The molecule has 1 aromatic carbocycles. The number of nitrogens with one attached hydrogen (secondary N) is 1. The van der Waals surface area contributed by atoms with Gasteiger partial charge < -0.3 is 29.0 Å². The van der Waals surface area contributed by atoms with Crippen molar-refractivity contribution in [3.8, 4) is 17.4 Å². The smallest absolute Gasteiger partial charge is 0.261 e.